The monoisotopic (exact) mass is 284 g/mol. The lowest BCUT2D eigenvalue weighted by Gasteiger charge is -2.13. The molecular formula is C14H18Cl2N2. The van der Waals surface area contributed by atoms with Gasteiger partial charge in [0.2, 0.25) is 0 Å². The lowest BCUT2D eigenvalue weighted by atomic mass is 10.1. The predicted octanol–water partition coefficient (Wildman–Crippen LogP) is 3.83. The number of para-hydroxylation sites is 1. The van der Waals surface area contributed by atoms with E-state index < -0.39 is 0 Å². The van der Waals surface area contributed by atoms with Gasteiger partial charge in [-0.1, -0.05) is 30.7 Å². The molecule has 2 nitrogen and oxygen atoms in total. The first-order valence-corrected chi connectivity index (χ1v) is 6.27. The van der Waals surface area contributed by atoms with Crippen molar-refractivity contribution in [3.63, 3.8) is 0 Å². The molecule has 98 valence electrons. The van der Waals surface area contributed by atoms with E-state index in [9.17, 15) is 0 Å². The third kappa shape index (κ3) is 3.29. The van der Waals surface area contributed by atoms with Crippen LogP contribution in [0.25, 0.3) is 5.69 Å². The Labute approximate surface area is 119 Å². The molecule has 0 bridgehead atoms. The van der Waals surface area contributed by atoms with Gasteiger partial charge < -0.3 is 10.3 Å². The molecule has 0 saturated heterocycles. The number of hydrogen-bond donors (Lipinski definition) is 1. The number of nitrogens with two attached hydrogens (primary N) is 1. The fraction of sp³-hybridized carbons (Fsp3) is 0.286. The SMILES string of the molecule is CCC(N)Cc1cccn1-c1ccccc1Cl.Cl. The summed E-state index contributed by atoms with van der Waals surface area (Å²) in [4.78, 5) is 0. The van der Waals surface area contributed by atoms with Crippen molar-refractivity contribution in [3.8, 4) is 5.69 Å². The molecule has 0 aliphatic carbocycles. The van der Waals surface area contributed by atoms with Crippen LogP contribution >= 0.6 is 24.0 Å². The topological polar surface area (TPSA) is 30.9 Å². The third-order valence-corrected chi connectivity index (χ3v) is 3.26. The Hall–Kier alpha value is -0.960. The van der Waals surface area contributed by atoms with Gasteiger partial charge in [-0.25, -0.2) is 0 Å². The van der Waals surface area contributed by atoms with E-state index in [1.807, 2.05) is 36.5 Å². The van der Waals surface area contributed by atoms with Crippen LogP contribution in [0.5, 0.6) is 0 Å². The molecule has 0 radical (unpaired) electrons. The second-order valence-electron chi connectivity index (χ2n) is 4.19. The Morgan fingerprint density at radius 3 is 2.61 bits per heavy atom. The minimum atomic E-state index is 0. The molecule has 1 aromatic heterocycles. The van der Waals surface area contributed by atoms with Gasteiger partial charge >= 0.3 is 0 Å². The molecular weight excluding hydrogens is 267 g/mol. The van der Waals surface area contributed by atoms with E-state index in [-0.39, 0.29) is 18.4 Å². The second-order valence-corrected chi connectivity index (χ2v) is 4.60. The Morgan fingerprint density at radius 2 is 1.94 bits per heavy atom. The minimum absolute atomic E-state index is 0. The first-order valence-electron chi connectivity index (χ1n) is 5.89. The largest absolute Gasteiger partial charge is 0.327 e. The van der Waals surface area contributed by atoms with Crippen molar-refractivity contribution in [2.45, 2.75) is 25.8 Å². The molecule has 0 spiro atoms. The molecule has 2 N–H and O–H groups in total. The van der Waals surface area contributed by atoms with Crippen molar-refractivity contribution >= 4 is 24.0 Å². The average molecular weight is 285 g/mol. The van der Waals surface area contributed by atoms with Crippen LogP contribution in [0.15, 0.2) is 42.6 Å². The van der Waals surface area contributed by atoms with Gasteiger partial charge in [0.25, 0.3) is 0 Å². The molecule has 0 amide bonds. The number of nitrogens with zero attached hydrogens (tertiary/aromatic N) is 1. The molecule has 1 heterocycles. The molecule has 0 aliphatic rings. The Morgan fingerprint density at radius 1 is 1.22 bits per heavy atom. The Kier molecular flexibility index (Phi) is 5.73. The number of hydrogen-bond acceptors (Lipinski definition) is 1. The number of rotatable bonds is 4. The number of benzene rings is 1. The van der Waals surface area contributed by atoms with E-state index in [1.54, 1.807) is 0 Å². The van der Waals surface area contributed by atoms with E-state index in [0.29, 0.717) is 0 Å². The highest BCUT2D eigenvalue weighted by Crippen LogP contribution is 2.22. The van der Waals surface area contributed by atoms with Crippen LogP contribution in [-0.2, 0) is 6.42 Å². The summed E-state index contributed by atoms with van der Waals surface area (Å²) in [6.07, 6.45) is 3.88. The Bertz CT molecular complexity index is 494. The van der Waals surface area contributed by atoms with Crippen LogP contribution in [0.1, 0.15) is 19.0 Å². The molecule has 1 atom stereocenters. The predicted molar refractivity (Wildman–Crippen MR) is 80.0 cm³/mol. The molecule has 1 aromatic carbocycles. The van der Waals surface area contributed by atoms with Crippen LogP contribution < -0.4 is 5.73 Å². The fourth-order valence-electron chi connectivity index (χ4n) is 1.88. The van der Waals surface area contributed by atoms with Crippen molar-refractivity contribution in [1.82, 2.24) is 4.57 Å². The van der Waals surface area contributed by atoms with Gasteiger partial charge in [0.05, 0.1) is 10.7 Å². The molecule has 2 aromatic rings. The zero-order valence-electron chi connectivity index (χ0n) is 10.3. The zero-order chi connectivity index (χ0) is 12.3. The first-order chi connectivity index (χ1) is 8.22. The highest BCUT2D eigenvalue weighted by molar-refractivity contribution is 6.32. The molecule has 1 unspecified atom stereocenters. The smallest absolute Gasteiger partial charge is 0.0646 e. The highest BCUT2D eigenvalue weighted by Gasteiger charge is 2.09. The maximum Gasteiger partial charge on any atom is 0.0646 e. The van der Waals surface area contributed by atoms with Gasteiger partial charge in [0, 0.05) is 24.4 Å². The van der Waals surface area contributed by atoms with Crippen molar-refractivity contribution in [2.24, 2.45) is 5.73 Å². The van der Waals surface area contributed by atoms with Crippen LogP contribution in [0, 0.1) is 0 Å². The first kappa shape index (κ1) is 15.1. The summed E-state index contributed by atoms with van der Waals surface area (Å²) in [6.45, 7) is 2.10. The quantitative estimate of drug-likeness (QED) is 0.909. The molecule has 4 heteroatoms. The van der Waals surface area contributed by atoms with Crippen LogP contribution in [0.4, 0.5) is 0 Å². The van der Waals surface area contributed by atoms with E-state index in [1.165, 1.54) is 5.69 Å². The van der Waals surface area contributed by atoms with Crippen LogP contribution in [0.3, 0.4) is 0 Å². The molecule has 18 heavy (non-hydrogen) atoms. The summed E-state index contributed by atoms with van der Waals surface area (Å²) in [5.41, 5.74) is 8.22. The summed E-state index contributed by atoms with van der Waals surface area (Å²) in [7, 11) is 0. The molecule has 0 saturated carbocycles. The summed E-state index contributed by atoms with van der Waals surface area (Å²) in [6, 6.07) is 12.2. The molecule has 2 rings (SSSR count). The van der Waals surface area contributed by atoms with E-state index in [4.69, 9.17) is 17.3 Å². The van der Waals surface area contributed by atoms with Crippen molar-refractivity contribution in [1.29, 1.82) is 0 Å². The minimum Gasteiger partial charge on any atom is -0.327 e. The second kappa shape index (κ2) is 6.83. The third-order valence-electron chi connectivity index (χ3n) is 2.94. The van der Waals surface area contributed by atoms with Gasteiger partial charge in [-0.15, -0.1) is 12.4 Å². The van der Waals surface area contributed by atoms with E-state index in [0.717, 1.165) is 23.6 Å². The highest BCUT2D eigenvalue weighted by atomic mass is 35.5. The van der Waals surface area contributed by atoms with Crippen LogP contribution in [0.2, 0.25) is 5.02 Å². The van der Waals surface area contributed by atoms with E-state index in [2.05, 4.69) is 17.6 Å². The molecule has 0 aliphatic heterocycles. The Balaban J connectivity index is 0.00000162. The van der Waals surface area contributed by atoms with Gasteiger partial charge in [0.1, 0.15) is 0 Å². The van der Waals surface area contributed by atoms with Crippen molar-refractivity contribution in [2.75, 3.05) is 0 Å². The average Bonchev–Trinajstić information content (AvgIpc) is 2.77. The molecule has 0 fully saturated rings. The van der Waals surface area contributed by atoms with Gasteiger partial charge in [-0.05, 0) is 30.7 Å². The summed E-state index contributed by atoms with van der Waals surface area (Å²) in [5, 5.41) is 0.759. The number of aromatic nitrogens is 1. The number of halogens is 2. The van der Waals surface area contributed by atoms with E-state index >= 15 is 0 Å². The lowest BCUT2D eigenvalue weighted by Crippen LogP contribution is -2.22. The fourth-order valence-corrected chi connectivity index (χ4v) is 2.10. The summed E-state index contributed by atoms with van der Waals surface area (Å²) in [5.74, 6) is 0. The van der Waals surface area contributed by atoms with Crippen molar-refractivity contribution < 1.29 is 0 Å². The zero-order valence-corrected chi connectivity index (χ0v) is 11.9. The van der Waals surface area contributed by atoms with Gasteiger partial charge in [0.15, 0.2) is 0 Å². The van der Waals surface area contributed by atoms with Gasteiger partial charge in [-0.2, -0.15) is 0 Å². The summed E-state index contributed by atoms with van der Waals surface area (Å²) >= 11 is 6.21. The normalized spacial score (nSPS) is 11.9. The van der Waals surface area contributed by atoms with Crippen LogP contribution in [-0.4, -0.2) is 10.6 Å². The van der Waals surface area contributed by atoms with Gasteiger partial charge in [-0.3, -0.25) is 0 Å². The maximum absolute atomic E-state index is 6.21. The van der Waals surface area contributed by atoms with Crippen molar-refractivity contribution in [3.05, 3.63) is 53.3 Å². The summed E-state index contributed by atoms with van der Waals surface area (Å²) < 4.78 is 2.11. The lowest BCUT2D eigenvalue weighted by molar-refractivity contribution is 0.630. The standard InChI is InChI=1S/C14H17ClN2.ClH/c1-2-11(16)10-12-6-5-9-17(12)14-8-4-3-7-13(14)15;/h3-9,11H,2,10,16H2,1H3;1H. The maximum atomic E-state index is 6.21.